The van der Waals surface area contributed by atoms with Gasteiger partial charge in [-0.15, -0.1) is 0 Å². The maximum atomic E-state index is 9.80. The molecule has 0 radical (unpaired) electrons. The molecule has 1 aliphatic heterocycles. The Balaban J connectivity index is 1.70. The van der Waals surface area contributed by atoms with Crippen LogP contribution < -0.4 is 0 Å². The van der Waals surface area contributed by atoms with Crippen LogP contribution in [0.4, 0.5) is 0 Å². The number of aliphatic hydroxyl groups excluding tert-OH is 1. The van der Waals surface area contributed by atoms with E-state index in [-0.39, 0.29) is 17.7 Å². The molecular formula is C36H50O6Si. The van der Waals surface area contributed by atoms with Crippen LogP contribution in [0.1, 0.15) is 64.2 Å². The fourth-order valence-electron chi connectivity index (χ4n) is 5.36. The molecule has 1 saturated heterocycles. The summed E-state index contributed by atoms with van der Waals surface area (Å²) in [5, 5.41) is 9.92. The SMILES string of the molecule is CC(C)(C)[SiH2]OC(C)(C)C1OC(CCCO)C(OCc2ccccc2)C(OCc2ccccc2)C1OCc1ccccc1. The number of hydrogen-bond acceptors (Lipinski definition) is 6. The molecule has 0 spiro atoms. The summed E-state index contributed by atoms with van der Waals surface area (Å²) in [5.41, 5.74) is 2.61. The maximum Gasteiger partial charge on any atom is 0.167 e. The van der Waals surface area contributed by atoms with Crippen LogP contribution in [-0.4, -0.2) is 57.6 Å². The molecule has 0 aromatic heterocycles. The van der Waals surface area contributed by atoms with E-state index >= 15 is 0 Å². The van der Waals surface area contributed by atoms with Gasteiger partial charge in [0.15, 0.2) is 9.76 Å². The van der Waals surface area contributed by atoms with Crippen LogP contribution in [0.5, 0.6) is 0 Å². The molecule has 0 amide bonds. The summed E-state index contributed by atoms with van der Waals surface area (Å²) in [6, 6.07) is 30.6. The molecule has 0 bridgehead atoms. The molecular weight excluding hydrogens is 556 g/mol. The monoisotopic (exact) mass is 606 g/mol. The van der Waals surface area contributed by atoms with Crippen molar-refractivity contribution in [3.8, 4) is 0 Å². The zero-order valence-electron chi connectivity index (χ0n) is 26.5. The highest BCUT2D eigenvalue weighted by molar-refractivity contribution is 6.31. The van der Waals surface area contributed by atoms with Gasteiger partial charge in [0.05, 0.1) is 31.5 Å². The molecule has 43 heavy (non-hydrogen) atoms. The lowest BCUT2D eigenvalue weighted by molar-refractivity contribution is -0.290. The molecule has 5 unspecified atom stereocenters. The van der Waals surface area contributed by atoms with Crippen molar-refractivity contribution in [3.63, 3.8) is 0 Å². The molecule has 6 nitrogen and oxygen atoms in total. The smallest absolute Gasteiger partial charge is 0.167 e. The first kappa shape index (κ1) is 33.5. The fraction of sp³-hybridized carbons (Fsp3) is 0.500. The largest absolute Gasteiger partial charge is 0.416 e. The molecule has 1 N–H and O–H groups in total. The highest BCUT2D eigenvalue weighted by atomic mass is 28.2. The number of hydrogen-bond donors (Lipinski definition) is 1. The van der Waals surface area contributed by atoms with Crippen LogP contribution in [0.15, 0.2) is 91.0 Å². The molecule has 7 heteroatoms. The van der Waals surface area contributed by atoms with Gasteiger partial charge < -0.3 is 28.5 Å². The van der Waals surface area contributed by atoms with E-state index in [9.17, 15) is 5.11 Å². The molecule has 5 atom stereocenters. The van der Waals surface area contributed by atoms with Crippen molar-refractivity contribution in [3.05, 3.63) is 108 Å². The number of aliphatic hydroxyl groups is 1. The highest BCUT2D eigenvalue weighted by Crippen LogP contribution is 2.38. The first-order chi connectivity index (χ1) is 20.7. The Bertz CT molecular complexity index is 1180. The Kier molecular flexibility index (Phi) is 12.5. The molecule has 1 aliphatic rings. The van der Waals surface area contributed by atoms with Crippen LogP contribution in [0.3, 0.4) is 0 Å². The first-order valence-electron chi connectivity index (χ1n) is 15.5. The summed E-state index contributed by atoms with van der Waals surface area (Å²) in [5.74, 6) is 0. The van der Waals surface area contributed by atoms with Gasteiger partial charge in [-0.2, -0.15) is 0 Å². The van der Waals surface area contributed by atoms with Gasteiger partial charge in [0.1, 0.15) is 24.4 Å². The second-order valence-electron chi connectivity index (χ2n) is 13.2. The van der Waals surface area contributed by atoms with Crippen molar-refractivity contribution in [2.45, 2.75) is 108 Å². The second-order valence-corrected chi connectivity index (χ2v) is 15.9. The van der Waals surface area contributed by atoms with Crippen LogP contribution in [-0.2, 0) is 43.2 Å². The molecule has 0 aliphatic carbocycles. The third kappa shape index (κ3) is 10.4. The first-order valence-corrected chi connectivity index (χ1v) is 16.8. The molecule has 3 aromatic carbocycles. The fourth-order valence-corrected chi connectivity index (χ4v) is 6.33. The Labute approximate surface area is 260 Å². The third-order valence-electron chi connectivity index (χ3n) is 7.70. The van der Waals surface area contributed by atoms with Gasteiger partial charge in [0, 0.05) is 6.61 Å². The minimum absolute atomic E-state index is 0.0796. The summed E-state index contributed by atoms with van der Waals surface area (Å²) in [7, 11) is -0.895. The third-order valence-corrected chi connectivity index (χ3v) is 9.45. The summed E-state index contributed by atoms with van der Waals surface area (Å²) >= 11 is 0. The van der Waals surface area contributed by atoms with E-state index in [0.29, 0.717) is 32.7 Å². The van der Waals surface area contributed by atoms with E-state index in [1.807, 2.05) is 54.6 Å². The lowest BCUT2D eigenvalue weighted by Crippen LogP contribution is -2.65. The van der Waals surface area contributed by atoms with Crippen LogP contribution >= 0.6 is 0 Å². The highest BCUT2D eigenvalue weighted by Gasteiger charge is 2.53. The predicted molar refractivity (Wildman–Crippen MR) is 173 cm³/mol. The standard InChI is InChI=1S/C36H50O6Si/c1-35(2,3)43-42-36(4,5)34-33(40-26-29-20-13-8-14-21-29)32(39-25-28-18-11-7-12-19-28)31(30(41-34)22-15-23-37)38-24-27-16-9-6-10-17-27/h6-14,16-21,30-34,37H,15,22-26,43H2,1-5H3. The van der Waals surface area contributed by atoms with Crippen molar-refractivity contribution >= 4 is 9.76 Å². The van der Waals surface area contributed by atoms with Crippen molar-refractivity contribution < 1.29 is 28.5 Å². The van der Waals surface area contributed by atoms with E-state index < -0.39 is 39.8 Å². The molecule has 0 saturated carbocycles. The molecule has 234 valence electrons. The minimum Gasteiger partial charge on any atom is -0.416 e. The lowest BCUT2D eigenvalue weighted by atomic mass is 9.85. The molecule has 4 rings (SSSR count). The van der Waals surface area contributed by atoms with E-state index in [0.717, 1.165) is 16.7 Å². The normalized spacial score (nSPS) is 23.2. The van der Waals surface area contributed by atoms with Gasteiger partial charge in [-0.1, -0.05) is 112 Å². The second kappa shape index (κ2) is 16.1. The number of benzene rings is 3. The predicted octanol–water partition coefficient (Wildman–Crippen LogP) is 6.38. The Hall–Kier alpha value is -2.36. The molecule has 3 aromatic rings. The maximum absolute atomic E-state index is 9.80. The van der Waals surface area contributed by atoms with Gasteiger partial charge in [-0.3, -0.25) is 0 Å². The van der Waals surface area contributed by atoms with E-state index in [1.165, 1.54) is 0 Å². The Morgan fingerprint density at radius 3 is 1.53 bits per heavy atom. The number of rotatable bonds is 15. The van der Waals surface area contributed by atoms with Crippen molar-refractivity contribution in [1.29, 1.82) is 0 Å². The minimum atomic E-state index is -0.895. The van der Waals surface area contributed by atoms with E-state index in [4.69, 9.17) is 23.4 Å². The number of ether oxygens (including phenoxy) is 4. The average molecular weight is 607 g/mol. The van der Waals surface area contributed by atoms with Gasteiger partial charge in [0.2, 0.25) is 0 Å². The van der Waals surface area contributed by atoms with Gasteiger partial charge in [0.25, 0.3) is 0 Å². The van der Waals surface area contributed by atoms with Gasteiger partial charge in [-0.25, -0.2) is 0 Å². The molecule has 1 fully saturated rings. The van der Waals surface area contributed by atoms with Crippen LogP contribution in [0, 0.1) is 0 Å². The van der Waals surface area contributed by atoms with Gasteiger partial charge in [-0.05, 0) is 48.4 Å². The summed E-state index contributed by atoms with van der Waals surface area (Å²) < 4.78 is 34.0. The zero-order chi connectivity index (χ0) is 30.7. The lowest BCUT2D eigenvalue weighted by Gasteiger charge is -2.51. The van der Waals surface area contributed by atoms with Crippen molar-refractivity contribution in [2.24, 2.45) is 0 Å². The summed E-state index contributed by atoms with van der Waals surface area (Å²) in [4.78, 5) is 0. The van der Waals surface area contributed by atoms with E-state index in [1.54, 1.807) is 0 Å². The Morgan fingerprint density at radius 2 is 1.09 bits per heavy atom. The van der Waals surface area contributed by atoms with Crippen molar-refractivity contribution in [1.82, 2.24) is 0 Å². The molecule has 1 heterocycles. The van der Waals surface area contributed by atoms with Crippen LogP contribution in [0.25, 0.3) is 0 Å². The van der Waals surface area contributed by atoms with E-state index in [2.05, 4.69) is 71.0 Å². The quantitative estimate of drug-likeness (QED) is 0.203. The zero-order valence-corrected chi connectivity index (χ0v) is 27.9. The Morgan fingerprint density at radius 1 is 0.651 bits per heavy atom. The summed E-state index contributed by atoms with van der Waals surface area (Å²) in [6.07, 6.45) is -0.793. The summed E-state index contributed by atoms with van der Waals surface area (Å²) in [6.45, 7) is 12.2. The van der Waals surface area contributed by atoms with Crippen molar-refractivity contribution in [2.75, 3.05) is 6.61 Å². The van der Waals surface area contributed by atoms with Gasteiger partial charge >= 0.3 is 0 Å². The average Bonchev–Trinajstić information content (AvgIpc) is 3.01. The van der Waals surface area contributed by atoms with Crippen LogP contribution in [0.2, 0.25) is 5.04 Å². The topological polar surface area (TPSA) is 66.4 Å².